The van der Waals surface area contributed by atoms with Crippen LogP contribution in [0, 0.1) is 11.8 Å². The summed E-state index contributed by atoms with van der Waals surface area (Å²) in [4.78, 5) is 25.4. The summed E-state index contributed by atoms with van der Waals surface area (Å²) in [6, 6.07) is 0.0110. The van der Waals surface area contributed by atoms with Crippen molar-refractivity contribution in [2.75, 3.05) is 19.6 Å². The Balaban J connectivity index is 1.64. The summed E-state index contributed by atoms with van der Waals surface area (Å²) in [5, 5.41) is 2.87. The zero-order valence-electron chi connectivity index (χ0n) is 14.6. The Bertz CT molecular complexity index is 425. The van der Waals surface area contributed by atoms with Crippen molar-refractivity contribution in [3.63, 3.8) is 0 Å². The third-order valence-electron chi connectivity index (χ3n) is 4.62. The average Bonchev–Trinajstić information content (AvgIpc) is 2.74. The lowest BCUT2D eigenvalue weighted by molar-refractivity contribution is -0.128. The number of likely N-dealkylation sites (tertiary alicyclic amines) is 1. The molecule has 1 unspecified atom stereocenters. The Labute approximate surface area is 139 Å². The number of hydrogen-bond acceptors (Lipinski definition) is 4. The molecule has 1 heterocycles. The van der Waals surface area contributed by atoms with E-state index in [-0.39, 0.29) is 18.0 Å². The molecule has 2 fully saturated rings. The summed E-state index contributed by atoms with van der Waals surface area (Å²) < 4.78 is 5.25. The van der Waals surface area contributed by atoms with E-state index < -0.39 is 5.60 Å². The van der Waals surface area contributed by atoms with E-state index >= 15 is 0 Å². The molecule has 2 rings (SSSR count). The van der Waals surface area contributed by atoms with E-state index in [1.807, 2.05) is 25.7 Å². The zero-order chi connectivity index (χ0) is 17.0. The van der Waals surface area contributed by atoms with Gasteiger partial charge in [-0.2, -0.15) is 0 Å². The lowest BCUT2D eigenvalue weighted by atomic mass is 9.82. The number of carbonyl (C=O) groups is 2. The van der Waals surface area contributed by atoms with Crippen LogP contribution < -0.4 is 11.1 Å². The fourth-order valence-corrected chi connectivity index (χ4v) is 3.45. The Morgan fingerprint density at radius 2 is 1.87 bits per heavy atom. The highest BCUT2D eigenvalue weighted by molar-refractivity contribution is 5.79. The van der Waals surface area contributed by atoms with Crippen molar-refractivity contribution >= 4 is 12.0 Å². The minimum absolute atomic E-state index is 0.0110. The zero-order valence-corrected chi connectivity index (χ0v) is 14.6. The molecule has 1 saturated carbocycles. The highest BCUT2D eigenvalue weighted by Crippen LogP contribution is 2.30. The largest absolute Gasteiger partial charge is 0.444 e. The van der Waals surface area contributed by atoms with E-state index in [2.05, 4.69) is 5.32 Å². The van der Waals surface area contributed by atoms with E-state index in [9.17, 15) is 9.59 Å². The van der Waals surface area contributed by atoms with Crippen LogP contribution in [0.1, 0.15) is 52.9 Å². The quantitative estimate of drug-likeness (QED) is 0.826. The summed E-state index contributed by atoms with van der Waals surface area (Å²) in [6.07, 6.45) is 4.56. The molecule has 2 amide bonds. The maximum Gasteiger partial charge on any atom is 0.407 e. The van der Waals surface area contributed by atoms with Crippen molar-refractivity contribution in [1.82, 2.24) is 10.2 Å². The van der Waals surface area contributed by atoms with E-state index in [1.165, 1.54) is 0 Å². The maximum atomic E-state index is 11.8. The highest BCUT2D eigenvalue weighted by atomic mass is 16.6. The normalized spacial score (nSPS) is 28.8. The second-order valence-electron chi connectivity index (χ2n) is 8.03. The molecule has 132 valence electrons. The van der Waals surface area contributed by atoms with Crippen LogP contribution in [0.25, 0.3) is 0 Å². The first-order chi connectivity index (χ1) is 10.7. The first kappa shape index (κ1) is 18.0. The SMILES string of the molecule is CC(C)(C)OC(=O)NCC1CCC(CN2CC(N)CC2=O)CC1. The van der Waals surface area contributed by atoms with Gasteiger partial charge in [-0.15, -0.1) is 0 Å². The fraction of sp³-hybridized carbons (Fsp3) is 0.882. The van der Waals surface area contributed by atoms with Crippen molar-refractivity contribution < 1.29 is 14.3 Å². The van der Waals surface area contributed by atoms with Crippen LogP contribution in [0.15, 0.2) is 0 Å². The molecule has 0 aromatic rings. The smallest absolute Gasteiger partial charge is 0.407 e. The molecule has 1 aliphatic carbocycles. The minimum atomic E-state index is -0.454. The number of amides is 2. The maximum absolute atomic E-state index is 11.8. The molecule has 1 saturated heterocycles. The second-order valence-corrected chi connectivity index (χ2v) is 8.03. The number of nitrogens with one attached hydrogen (secondary N) is 1. The first-order valence-corrected chi connectivity index (χ1v) is 8.73. The number of rotatable bonds is 4. The Kier molecular flexibility index (Phi) is 5.89. The van der Waals surface area contributed by atoms with Gasteiger partial charge in [-0.25, -0.2) is 4.79 Å². The molecule has 2 aliphatic rings. The van der Waals surface area contributed by atoms with Crippen LogP contribution in [-0.2, 0) is 9.53 Å². The van der Waals surface area contributed by atoms with E-state index in [4.69, 9.17) is 10.5 Å². The molecule has 3 N–H and O–H groups in total. The average molecular weight is 325 g/mol. The Hall–Kier alpha value is -1.30. The van der Waals surface area contributed by atoms with Gasteiger partial charge in [-0.3, -0.25) is 4.79 Å². The predicted octanol–water partition coefficient (Wildman–Crippen LogP) is 1.88. The predicted molar refractivity (Wildman–Crippen MR) is 88.9 cm³/mol. The Morgan fingerprint density at radius 1 is 1.26 bits per heavy atom. The van der Waals surface area contributed by atoms with Crippen molar-refractivity contribution in [1.29, 1.82) is 0 Å². The van der Waals surface area contributed by atoms with E-state index in [1.54, 1.807) is 0 Å². The lowest BCUT2D eigenvalue weighted by Crippen LogP contribution is -2.37. The monoisotopic (exact) mass is 325 g/mol. The van der Waals surface area contributed by atoms with E-state index in [0.29, 0.717) is 31.3 Å². The molecule has 0 aromatic carbocycles. The first-order valence-electron chi connectivity index (χ1n) is 8.73. The lowest BCUT2D eigenvalue weighted by Gasteiger charge is -2.31. The van der Waals surface area contributed by atoms with Gasteiger partial charge in [0.1, 0.15) is 5.60 Å². The van der Waals surface area contributed by atoms with Gasteiger partial charge < -0.3 is 20.7 Å². The number of alkyl carbamates (subject to hydrolysis) is 1. The van der Waals surface area contributed by atoms with Gasteiger partial charge in [0.25, 0.3) is 0 Å². The summed E-state index contributed by atoms with van der Waals surface area (Å²) in [5.74, 6) is 1.28. The van der Waals surface area contributed by atoms with Crippen molar-refractivity contribution in [2.24, 2.45) is 17.6 Å². The van der Waals surface area contributed by atoms with Crippen LogP contribution >= 0.6 is 0 Å². The molecular weight excluding hydrogens is 294 g/mol. The van der Waals surface area contributed by atoms with Crippen LogP contribution in [0.2, 0.25) is 0 Å². The molecule has 23 heavy (non-hydrogen) atoms. The summed E-state index contributed by atoms with van der Waals surface area (Å²) in [7, 11) is 0. The van der Waals surface area contributed by atoms with Crippen LogP contribution in [-0.4, -0.2) is 48.2 Å². The summed E-state index contributed by atoms with van der Waals surface area (Å²) in [6.45, 7) is 7.82. The van der Waals surface area contributed by atoms with Gasteiger partial charge in [0.2, 0.25) is 5.91 Å². The summed E-state index contributed by atoms with van der Waals surface area (Å²) >= 11 is 0. The third kappa shape index (κ3) is 6.01. The van der Waals surface area contributed by atoms with Crippen LogP contribution in [0.3, 0.4) is 0 Å². The number of ether oxygens (including phenoxy) is 1. The molecule has 0 radical (unpaired) electrons. The number of hydrogen-bond donors (Lipinski definition) is 2. The van der Waals surface area contributed by atoms with Gasteiger partial charge in [0.05, 0.1) is 0 Å². The standard InChI is InChI=1S/C17H31N3O3/c1-17(2,3)23-16(22)19-9-12-4-6-13(7-5-12)10-20-11-14(18)8-15(20)21/h12-14H,4-11,18H2,1-3H3,(H,19,22). The molecule has 0 spiro atoms. The third-order valence-corrected chi connectivity index (χ3v) is 4.62. The molecule has 0 bridgehead atoms. The number of nitrogens with two attached hydrogens (primary N) is 1. The van der Waals surface area contributed by atoms with Gasteiger partial charge in [0, 0.05) is 32.1 Å². The molecule has 6 nitrogen and oxygen atoms in total. The minimum Gasteiger partial charge on any atom is -0.444 e. The molecule has 1 atom stereocenters. The van der Waals surface area contributed by atoms with Crippen molar-refractivity contribution in [2.45, 2.75) is 64.5 Å². The van der Waals surface area contributed by atoms with Crippen molar-refractivity contribution in [3.8, 4) is 0 Å². The van der Waals surface area contributed by atoms with E-state index in [0.717, 1.165) is 32.2 Å². The molecular formula is C17H31N3O3. The topological polar surface area (TPSA) is 84.7 Å². The fourth-order valence-electron chi connectivity index (χ4n) is 3.45. The molecule has 6 heteroatoms. The highest BCUT2D eigenvalue weighted by Gasteiger charge is 2.30. The van der Waals surface area contributed by atoms with Gasteiger partial charge in [-0.05, 0) is 58.3 Å². The molecule has 0 aromatic heterocycles. The second kappa shape index (κ2) is 7.51. The van der Waals surface area contributed by atoms with Crippen LogP contribution in [0.4, 0.5) is 4.79 Å². The Morgan fingerprint density at radius 3 is 2.39 bits per heavy atom. The number of nitrogens with zero attached hydrogens (tertiary/aromatic N) is 1. The number of carbonyl (C=O) groups excluding carboxylic acids is 2. The van der Waals surface area contributed by atoms with Crippen molar-refractivity contribution in [3.05, 3.63) is 0 Å². The van der Waals surface area contributed by atoms with Gasteiger partial charge in [0.15, 0.2) is 0 Å². The van der Waals surface area contributed by atoms with Gasteiger partial charge in [-0.1, -0.05) is 0 Å². The molecule has 1 aliphatic heterocycles. The van der Waals surface area contributed by atoms with Crippen LogP contribution in [0.5, 0.6) is 0 Å². The summed E-state index contributed by atoms with van der Waals surface area (Å²) in [5.41, 5.74) is 5.39. The van der Waals surface area contributed by atoms with Gasteiger partial charge >= 0.3 is 6.09 Å².